The molecule has 156 valence electrons. The lowest BCUT2D eigenvalue weighted by Gasteiger charge is -2.38. The van der Waals surface area contributed by atoms with Gasteiger partial charge in [-0.3, -0.25) is 9.38 Å². The molecule has 0 saturated carbocycles. The van der Waals surface area contributed by atoms with Gasteiger partial charge < -0.3 is 10.2 Å². The van der Waals surface area contributed by atoms with E-state index >= 15 is 0 Å². The van der Waals surface area contributed by atoms with Crippen LogP contribution in [-0.4, -0.2) is 49.3 Å². The molecule has 1 fully saturated rings. The number of anilines is 1. The van der Waals surface area contributed by atoms with Crippen molar-refractivity contribution in [1.29, 1.82) is 0 Å². The van der Waals surface area contributed by atoms with Crippen molar-refractivity contribution in [2.75, 3.05) is 18.4 Å². The maximum absolute atomic E-state index is 14.5. The number of pyridine rings is 1. The third-order valence-electron chi connectivity index (χ3n) is 4.93. The average Bonchev–Trinajstić information content (AvgIpc) is 3.17. The maximum atomic E-state index is 14.5. The van der Waals surface area contributed by atoms with Gasteiger partial charge in [0.15, 0.2) is 0 Å². The predicted octanol–water partition coefficient (Wildman–Crippen LogP) is 4.08. The Bertz CT molecular complexity index is 1280. The monoisotopic (exact) mass is 424 g/mol. The second kappa shape index (κ2) is 7.08. The van der Waals surface area contributed by atoms with Crippen molar-refractivity contribution in [2.24, 2.45) is 0 Å². The molecule has 31 heavy (non-hydrogen) atoms. The Hall–Kier alpha value is -3.95. The summed E-state index contributed by atoms with van der Waals surface area (Å²) in [5, 5.41) is 2.51. The molecule has 1 aliphatic heterocycles. The first-order valence-electron chi connectivity index (χ1n) is 9.37. The summed E-state index contributed by atoms with van der Waals surface area (Å²) < 4.78 is 42.1. The van der Waals surface area contributed by atoms with Crippen molar-refractivity contribution in [3.05, 3.63) is 67.1 Å². The van der Waals surface area contributed by atoms with Crippen molar-refractivity contribution in [3.63, 3.8) is 0 Å². The molecule has 1 aliphatic rings. The fourth-order valence-corrected chi connectivity index (χ4v) is 3.35. The van der Waals surface area contributed by atoms with Gasteiger partial charge in [-0.1, -0.05) is 6.07 Å². The van der Waals surface area contributed by atoms with Gasteiger partial charge in [0, 0.05) is 53.4 Å². The molecule has 4 heterocycles. The van der Waals surface area contributed by atoms with Gasteiger partial charge in [-0.25, -0.2) is 27.9 Å². The topological polar surface area (TPSA) is 75.4 Å². The highest BCUT2D eigenvalue weighted by molar-refractivity contribution is 5.90. The van der Waals surface area contributed by atoms with Crippen LogP contribution < -0.4 is 5.32 Å². The second-order valence-electron chi connectivity index (χ2n) is 7.25. The van der Waals surface area contributed by atoms with Crippen LogP contribution in [0.3, 0.4) is 0 Å². The van der Waals surface area contributed by atoms with Crippen molar-refractivity contribution >= 4 is 17.5 Å². The van der Waals surface area contributed by atoms with E-state index in [1.165, 1.54) is 18.2 Å². The maximum Gasteiger partial charge on any atom is 0.322 e. The number of nitrogens with zero attached hydrogens (tertiary/aromatic N) is 5. The largest absolute Gasteiger partial charge is 0.322 e. The number of amides is 2. The summed E-state index contributed by atoms with van der Waals surface area (Å²) >= 11 is 0. The molecule has 4 aromatic rings. The number of imidazole rings is 1. The van der Waals surface area contributed by atoms with Crippen molar-refractivity contribution in [3.8, 4) is 22.4 Å². The number of rotatable bonds is 3. The number of carbonyl (C=O) groups excluding carboxylic acids is 1. The minimum atomic E-state index is -2.86. The molecule has 0 atom stereocenters. The second-order valence-corrected chi connectivity index (χ2v) is 7.25. The van der Waals surface area contributed by atoms with Gasteiger partial charge in [0.1, 0.15) is 5.82 Å². The van der Waals surface area contributed by atoms with E-state index in [1.54, 1.807) is 29.2 Å². The smallest absolute Gasteiger partial charge is 0.312 e. The number of nitrogens with one attached hydrogen (secondary N) is 1. The van der Waals surface area contributed by atoms with Crippen molar-refractivity contribution < 1.29 is 18.0 Å². The Labute approximate surface area is 174 Å². The van der Waals surface area contributed by atoms with Gasteiger partial charge in [0.25, 0.3) is 5.92 Å². The summed E-state index contributed by atoms with van der Waals surface area (Å²) in [5.41, 5.74) is 2.44. The molecule has 0 bridgehead atoms. The highest BCUT2D eigenvalue weighted by Crippen LogP contribution is 2.29. The number of aromatic nitrogens is 4. The van der Waals surface area contributed by atoms with Gasteiger partial charge in [-0.15, -0.1) is 0 Å². The van der Waals surface area contributed by atoms with E-state index < -0.39 is 30.9 Å². The first-order chi connectivity index (χ1) is 14.9. The molecule has 0 aliphatic carbocycles. The minimum absolute atomic E-state index is 0.153. The number of likely N-dealkylation sites (tertiary alicyclic amines) is 1. The van der Waals surface area contributed by atoms with Crippen LogP contribution in [0.2, 0.25) is 0 Å². The van der Waals surface area contributed by atoms with Crippen LogP contribution in [0.25, 0.3) is 28.2 Å². The number of hydrogen-bond donors (Lipinski definition) is 1. The molecule has 5 rings (SSSR count). The van der Waals surface area contributed by atoms with Gasteiger partial charge in [0.05, 0.1) is 18.8 Å². The number of hydrogen-bond acceptors (Lipinski definition) is 4. The average molecular weight is 424 g/mol. The van der Waals surface area contributed by atoms with E-state index in [1.807, 2.05) is 18.3 Å². The van der Waals surface area contributed by atoms with Gasteiger partial charge in [-0.05, 0) is 24.3 Å². The summed E-state index contributed by atoms with van der Waals surface area (Å²) in [4.78, 5) is 25.8. The zero-order valence-corrected chi connectivity index (χ0v) is 16.0. The molecule has 1 aromatic carbocycles. The fourth-order valence-electron chi connectivity index (χ4n) is 3.35. The van der Waals surface area contributed by atoms with E-state index in [9.17, 15) is 18.0 Å². The molecule has 0 radical (unpaired) electrons. The number of alkyl halides is 2. The number of urea groups is 1. The highest BCUT2D eigenvalue weighted by atomic mass is 19.3. The lowest BCUT2D eigenvalue weighted by atomic mass is 10.1. The quantitative estimate of drug-likeness (QED) is 0.538. The lowest BCUT2D eigenvalue weighted by molar-refractivity contribution is -0.107. The zero-order valence-electron chi connectivity index (χ0n) is 16.0. The van der Waals surface area contributed by atoms with E-state index in [4.69, 9.17) is 0 Å². The molecule has 0 unspecified atom stereocenters. The van der Waals surface area contributed by atoms with Crippen LogP contribution in [0.4, 0.5) is 23.7 Å². The summed E-state index contributed by atoms with van der Waals surface area (Å²) in [6.45, 7) is -1.27. The molecule has 2 amide bonds. The molecule has 3 aromatic heterocycles. The molecule has 1 saturated heterocycles. The summed E-state index contributed by atoms with van der Waals surface area (Å²) in [5.74, 6) is -3.02. The first-order valence-corrected chi connectivity index (χ1v) is 9.37. The van der Waals surface area contributed by atoms with Crippen LogP contribution in [-0.2, 0) is 0 Å². The Morgan fingerprint density at radius 1 is 1.10 bits per heavy atom. The van der Waals surface area contributed by atoms with Crippen LogP contribution in [0.15, 0.2) is 61.3 Å². The Morgan fingerprint density at radius 3 is 2.68 bits per heavy atom. The predicted molar refractivity (Wildman–Crippen MR) is 107 cm³/mol. The Morgan fingerprint density at radius 2 is 1.94 bits per heavy atom. The third kappa shape index (κ3) is 3.67. The summed E-state index contributed by atoms with van der Waals surface area (Å²) in [6.07, 6.45) is 8.47. The van der Waals surface area contributed by atoms with E-state index in [0.29, 0.717) is 11.5 Å². The van der Waals surface area contributed by atoms with E-state index in [0.717, 1.165) is 16.0 Å². The molecule has 0 spiro atoms. The van der Waals surface area contributed by atoms with Crippen LogP contribution >= 0.6 is 0 Å². The third-order valence-corrected chi connectivity index (χ3v) is 4.93. The molecule has 1 N–H and O–H groups in total. The minimum Gasteiger partial charge on any atom is -0.312 e. The number of carbonyl (C=O) groups is 1. The van der Waals surface area contributed by atoms with E-state index in [-0.39, 0.29) is 11.3 Å². The fraction of sp³-hybridized carbons (Fsp3) is 0.143. The van der Waals surface area contributed by atoms with Crippen LogP contribution in [0.1, 0.15) is 0 Å². The lowest BCUT2D eigenvalue weighted by Crippen LogP contribution is -2.59. The summed E-state index contributed by atoms with van der Waals surface area (Å²) in [6, 6.07) is 7.01. The highest BCUT2D eigenvalue weighted by Gasteiger charge is 2.46. The van der Waals surface area contributed by atoms with Crippen molar-refractivity contribution in [2.45, 2.75) is 5.92 Å². The van der Waals surface area contributed by atoms with Crippen LogP contribution in [0, 0.1) is 5.82 Å². The van der Waals surface area contributed by atoms with Crippen molar-refractivity contribution in [1.82, 2.24) is 24.3 Å². The number of halogens is 3. The first kappa shape index (κ1) is 19.0. The number of benzene rings is 1. The number of fused-ring (bicyclic) bond motifs is 1. The molecule has 10 heteroatoms. The normalized spacial score (nSPS) is 15.0. The molecular formula is C21H15F3N6O. The van der Waals surface area contributed by atoms with E-state index in [2.05, 4.69) is 20.3 Å². The van der Waals surface area contributed by atoms with Gasteiger partial charge >= 0.3 is 6.03 Å². The van der Waals surface area contributed by atoms with Crippen LogP contribution in [0.5, 0.6) is 0 Å². The Kier molecular flexibility index (Phi) is 4.35. The SMILES string of the molecule is O=C(Nc1ccc(F)c(-c2cn3cc(-c4cccnc4)cnc3n2)c1)N1CC(F)(F)C1. The zero-order chi connectivity index (χ0) is 21.6. The molecule has 7 nitrogen and oxygen atoms in total. The summed E-state index contributed by atoms with van der Waals surface area (Å²) in [7, 11) is 0. The Balaban J connectivity index is 1.43. The standard InChI is InChI=1S/C21H15F3N6O/c22-17-4-3-15(27-20(31)30-11-21(23,24)12-30)6-16(17)18-10-29-9-14(8-26-19(29)28-18)13-2-1-5-25-7-13/h1-10H,11-12H2,(H,27,31). The van der Waals surface area contributed by atoms with Gasteiger partial charge in [0.2, 0.25) is 5.78 Å². The molecular weight excluding hydrogens is 409 g/mol. The van der Waals surface area contributed by atoms with Gasteiger partial charge in [-0.2, -0.15) is 0 Å².